The normalized spacial score (nSPS) is 12.5. The second kappa shape index (κ2) is 4.94. The Morgan fingerprint density at radius 2 is 2.23 bits per heavy atom. The first-order chi connectivity index (χ1) is 6.26. The molecule has 1 aromatic heterocycles. The van der Waals surface area contributed by atoms with E-state index < -0.39 is 0 Å². The van der Waals surface area contributed by atoms with Gasteiger partial charge in [0.15, 0.2) is 11.4 Å². The molecule has 1 rings (SSSR count). The van der Waals surface area contributed by atoms with Gasteiger partial charge in [-0.3, -0.25) is 4.79 Å². The fourth-order valence-electron chi connectivity index (χ4n) is 0.665. The van der Waals surface area contributed by atoms with Crippen molar-refractivity contribution in [3.05, 3.63) is 18.0 Å². The lowest BCUT2D eigenvalue weighted by Gasteiger charge is -2.04. The number of rotatable bonds is 4. The molecule has 0 saturated heterocycles. The van der Waals surface area contributed by atoms with Crippen molar-refractivity contribution in [2.45, 2.75) is 17.3 Å². The minimum atomic E-state index is 0.0714. The Hall–Kier alpha value is -0.940. The maximum atomic E-state index is 10.3. The van der Waals surface area contributed by atoms with E-state index in [2.05, 4.69) is 9.97 Å². The Morgan fingerprint density at radius 1 is 1.62 bits per heavy atom. The van der Waals surface area contributed by atoms with E-state index >= 15 is 0 Å². The number of aldehydes is 1. The summed E-state index contributed by atoms with van der Waals surface area (Å²) < 4.78 is 0. The van der Waals surface area contributed by atoms with Crippen LogP contribution in [0.1, 0.15) is 17.3 Å². The summed E-state index contributed by atoms with van der Waals surface area (Å²) in [6.07, 6.45) is 3.63. The number of hydrogen-bond acceptors (Lipinski definition) is 5. The van der Waals surface area contributed by atoms with E-state index in [1.807, 2.05) is 6.92 Å². The highest BCUT2D eigenvalue weighted by Crippen LogP contribution is 2.17. The monoisotopic (exact) mass is 198 g/mol. The third kappa shape index (κ3) is 3.12. The standard InChI is InChI=1S/C8H10N2O2S/c1-6(4-11)13-8-9-2-7(5-12)3-10-8/h2-3,5-6,11H,4H2,1H3. The number of carbonyl (C=O) groups is 1. The Kier molecular flexibility index (Phi) is 3.85. The second-order valence-corrected chi connectivity index (χ2v) is 3.93. The van der Waals surface area contributed by atoms with Gasteiger partial charge in [0.05, 0.1) is 12.2 Å². The van der Waals surface area contributed by atoms with Crippen LogP contribution in [0, 0.1) is 0 Å². The molecular weight excluding hydrogens is 188 g/mol. The van der Waals surface area contributed by atoms with Crippen molar-refractivity contribution in [1.29, 1.82) is 0 Å². The maximum absolute atomic E-state index is 10.3. The molecule has 0 saturated carbocycles. The van der Waals surface area contributed by atoms with E-state index in [0.29, 0.717) is 17.0 Å². The number of aromatic nitrogens is 2. The molecule has 0 amide bonds. The molecule has 0 fully saturated rings. The van der Waals surface area contributed by atoms with E-state index in [1.54, 1.807) is 0 Å². The zero-order chi connectivity index (χ0) is 9.68. The number of hydrogen-bond donors (Lipinski definition) is 1. The smallest absolute Gasteiger partial charge is 0.187 e. The first-order valence-electron chi connectivity index (χ1n) is 3.81. The van der Waals surface area contributed by atoms with Gasteiger partial charge in [0.1, 0.15) is 0 Å². The van der Waals surface area contributed by atoms with Crippen LogP contribution >= 0.6 is 11.8 Å². The summed E-state index contributed by atoms with van der Waals surface area (Å²) in [6.45, 7) is 1.96. The quantitative estimate of drug-likeness (QED) is 0.439. The largest absolute Gasteiger partial charge is 0.395 e. The van der Waals surface area contributed by atoms with E-state index in [0.717, 1.165) is 0 Å². The minimum Gasteiger partial charge on any atom is -0.395 e. The fourth-order valence-corrected chi connectivity index (χ4v) is 1.33. The van der Waals surface area contributed by atoms with Crippen LogP contribution in [0.15, 0.2) is 17.6 Å². The average Bonchev–Trinajstić information content (AvgIpc) is 2.19. The minimum absolute atomic E-state index is 0.0714. The number of nitrogens with zero attached hydrogens (tertiary/aromatic N) is 2. The molecule has 0 radical (unpaired) electrons. The number of carbonyl (C=O) groups excluding carboxylic acids is 1. The van der Waals surface area contributed by atoms with Gasteiger partial charge in [0.2, 0.25) is 0 Å². The van der Waals surface area contributed by atoms with Crippen LogP contribution in [0.5, 0.6) is 0 Å². The van der Waals surface area contributed by atoms with Crippen molar-refractivity contribution in [1.82, 2.24) is 9.97 Å². The number of aliphatic hydroxyl groups is 1. The summed E-state index contributed by atoms with van der Waals surface area (Å²) in [5, 5.41) is 9.41. The molecule has 13 heavy (non-hydrogen) atoms. The molecule has 0 aliphatic carbocycles. The summed E-state index contributed by atoms with van der Waals surface area (Å²) in [5.74, 6) is 0. The molecule has 1 N–H and O–H groups in total. The Morgan fingerprint density at radius 3 is 2.69 bits per heavy atom. The molecule has 0 aliphatic heterocycles. The Bertz CT molecular complexity index is 276. The molecule has 0 bridgehead atoms. The van der Waals surface area contributed by atoms with Crippen molar-refractivity contribution in [2.75, 3.05) is 6.61 Å². The van der Waals surface area contributed by atoms with Gasteiger partial charge in [0, 0.05) is 17.6 Å². The van der Waals surface area contributed by atoms with Crippen molar-refractivity contribution in [3.63, 3.8) is 0 Å². The van der Waals surface area contributed by atoms with Crippen LogP contribution in [0.2, 0.25) is 0 Å². The van der Waals surface area contributed by atoms with Gasteiger partial charge < -0.3 is 5.11 Å². The molecule has 70 valence electrons. The van der Waals surface area contributed by atoms with Crippen LogP contribution in [-0.4, -0.2) is 33.2 Å². The van der Waals surface area contributed by atoms with Gasteiger partial charge in [-0.2, -0.15) is 0 Å². The van der Waals surface area contributed by atoms with Crippen molar-refractivity contribution < 1.29 is 9.90 Å². The van der Waals surface area contributed by atoms with Crippen molar-refractivity contribution >= 4 is 18.0 Å². The van der Waals surface area contributed by atoms with Gasteiger partial charge in [0.25, 0.3) is 0 Å². The highest BCUT2D eigenvalue weighted by atomic mass is 32.2. The van der Waals surface area contributed by atoms with Crippen LogP contribution in [0.3, 0.4) is 0 Å². The molecule has 1 heterocycles. The third-order valence-corrected chi connectivity index (χ3v) is 2.32. The predicted octanol–water partition coefficient (Wildman–Crippen LogP) is 0.762. The lowest BCUT2D eigenvalue weighted by Crippen LogP contribution is -2.03. The molecule has 4 nitrogen and oxygen atoms in total. The first kappa shape index (κ1) is 10.1. The zero-order valence-electron chi connectivity index (χ0n) is 7.17. The van der Waals surface area contributed by atoms with E-state index in [-0.39, 0.29) is 11.9 Å². The molecule has 0 aromatic carbocycles. The molecule has 0 aliphatic rings. The van der Waals surface area contributed by atoms with E-state index in [4.69, 9.17) is 5.11 Å². The van der Waals surface area contributed by atoms with Gasteiger partial charge in [-0.25, -0.2) is 9.97 Å². The Labute approximate surface area is 80.4 Å². The molecule has 5 heteroatoms. The molecule has 0 spiro atoms. The maximum Gasteiger partial charge on any atom is 0.187 e. The zero-order valence-corrected chi connectivity index (χ0v) is 7.99. The molecule has 1 unspecified atom stereocenters. The first-order valence-corrected chi connectivity index (χ1v) is 4.69. The van der Waals surface area contributed by atoms with Crippen molar-refractivity contribution in [3.8, 4) is 0 Å². The van der Waals surface area contributed by atoms with Crippen LogP contribution in [0.25, 0.3) is 0 Å². The van der Waals surface area contributed by atoms with Crippen LogP contribution in [-0.2, 0) is 0 Å². The van der Waals surface area contributed by atoms with E-state index in [9.17, 15) is 4.79 Å². The summed E-state index contributed by atoms with van der Waals surface area (Å²) >= 11 is 1.37. The highest BCUT2D eigenvalue weighted by Gasteiger charge is 2.04. The lowest BCUT2D eigenvalue weighted by atomic mass is 10.4. The summed E-state index contributed by atoms with van der Waals surface area (Å²) in [7, 11) is 0. The lowest BCUT2D eigenvalue weighted by molar-refractivity contribution is 0.112. The molecule has 1 aromatic rings. The molecular formula is C8H10N2O2S. The second-order valence-electron chi connectivity index (χ2n) is 2.53. The van der Waals surface area contributed by atoms with Crippen LogP contribution in [0.4, 0.5) is 0 Å². The van der Waals surface area contributed by atoms with Gasteiger partial charge in [-0.05, 0) is 0 Å². The van der Waals surface area contributed by atoms with Crippen molar-refractivity contribution in [2.24, 2.45) is 0 Å². The molecule has 1 atom stereocenters. The van der Waals surface area contributed by atoms with Crippen LogP contribution < -0.4 is 0 Å². The van der Waals surface area contributed by atoms with Gasteiger partial charge in [-0.1, -0.05) is 18.7 Å². The topological polar surface area (TPSA) is 63.1 Å². The van der Waals surface area contributed by atoms with Gasteiger partial charge in [-0.15, -0.1) is 0 Å². The Balaban J connectivity index is 2.63. The number of aliphatic hydroxyl groups excluding tert-OH is 1. The third-order valence-electron chi connectivity index (χ3n) is 1.35. The summed E-state index contributed by atoms with van der Waals surface area (Å²) in [4.78, 5) is 18.2. The SMILES string of the molecule is CC(CO)Sc1ncc(C=O)cn1. The summed E-state index contributed by atoms with van der Waals surface area (Å²) in [5.41, 5.74) is 0.459. The fraction of sp³-hybridized carbons (Fsp3) is 0.375. The number of thioether (sulfide) groups is 1. The van der Waals surface area contributed by atoms with Gasteiger partial charge >= 0.3 is 0 Å². The van der Waals surface area contributed by atoms with E-state index in [1.165, 1.54) is 24.2 Å². The summed E-state index contributed by atoms with van der Waals surface area (Å²) in [6, 6.07) is 0. The highest BCUT2D eigenvalue weighted by molar-refractivity contribution is 7.99. The average molecular weight is 198 g/mol. The predicted molar refractivity (Wildman–Crippen MR) is 49.8 cm³/mol.